The van der Waals surface area contributed by atoms with Gasteiger partial charge in [0, 0.05) is 17.3 Å². The molecular formula is C17H26ClN3O2. The Kier molecular flexibility index (Phi) is 7.03. The van der Waals surface area contributed by atoms with E-state index >= 15 is 0 Å². The van der Waals surface area contributed by atoms with Crippen LogP contribution in [0.3, 0.4) is 0 Å². The van der Waals surface area contributed by atoms with Crippen molar-refractivity contribution in [3.05, 3.63) is 29.8 Å². The van der Waals surface area contributed by atoms with Crippen LogP contribution in [0.2, 0.25) is 0 Å². The summed E-state index contributed by atoms with van der Waals surface area (Å²) in [5, 5.41) is 9.06. The first-order chi connectivity index (χ1) is 10.4. The minimum Gasteiger partial charge on any atom is -0.350 e. The van der Waals surface area contributed by atoms with Gasteiger partial charge in [-0.3, -0.25) is 9.59 Å². The van der Waals surface area contributed by atoms with E-state index in [1.165, 1.54) is 0 Å². The lowest BCUT2D eigenvalue weighted by atomic mass is 9.90. The zero-order chi connectivity index (χ0) is 16.2. The summed E-state index contributed by atoms with van der Waals surface area (Å²) in [5.41, 5.74) is 0.791. The van der Waals surface area contributed by atoms with Crippen LogP contribution in [0.5, 0.6) is 0 Å². The molecule has 2 amide bonds. The molecule has 1 aliphatic heterocycles. The zero-order valence-corrected chi connectivity index (χ0v) is 14.8. The van der Waals surface area contributed by atoms with Gasteiger partial charge < -0.3 is 16.0 Å². The molecule has 128 valence electrons. The normalized spacial score (nSPS) is 20.5. The van der Waals surface area contributed by atoms with E-state index in [-0.39, 0.29) is 30.3 Å². The maximum Gasteiger partial charge on any atom is 0.251 e. The third-order valence-corrected chi connectivity index (χ3v) is 3.94. The van der Waals surface area contributed by atoms with E-state index in [0.29, 0.717) is 11.3 Å². The summed E-state index contributed by atoms with van der Waals surface area (Å²) in [5.74, 6) is -0.125. The van der Waals surface area contributed by atoms with E-state index in [0.717, 1.165) is 25.8 Å². The topological polar surface area (TPSA) is 70.2 Å². The Morgan fingerprint density at radius 2 is 1.83 bits per heavy atom. The average molecular weight is 340 g/mol. The number of carbonyl (C=O) groups is 2. The van der Waals surface area contributed by atoms with Gasteiger partial charge in [0.2, 0.25) is 5.91 Å². The molecule has 0 spiro atoms. The van der Waals surface area contributed by atoms with Crippen LogP contribution < -0.4 is 16.0 Å². The molecule has 5 nitrogen and oxygen atoms in total. The molecule has 0 saturated carbocycles. The van der Waals surface area contributed by atoms with Crippen LogP contribution >= 0.6 is 12.4 Å². The third kappa shape index (κ3) is 5.22. The Hall–Kier alpha value is -1.59. The molecule has 1 aliphatic rings. The fraction of sp³-hybridized carbons (Fsp3) is 0.529. The van der Waals surface area contributed by atoms with Crippen LogP contribution in [0.25, 0.3) is 0 Å². The summed E-state index contributed by atoms with van der Waals surface area (Å²) in [4.78, 5) is 24.3. The molecule has 1 unspecified atom stereocenters. The van der Waals surface area contributed by atoms with Crippen LogP contribution in [-0.4, -0.2) is 29.9 Å². The number of carbonyl (C=O) groups excluding carboxylic acids is 2. The van der Waals surface area contributed by atoms with Gasteiger partial charge in [-0.2, -0.15) is 0 Å². The number of benzene rings is 1. The lowest BCUT2D eigenvalue weighted by Crippen LogP contribution is -2.54. The van der Waals surface area contributed by atoms with Gasteiger partial charge in [0.1, 0.15) is 0 Å². The van der Waals surface area contributed by atoms with Crippen molar-refractivity contribution >= 4 is 29.9 Å². The molecule has 2 rings (SSSR count). The highest BCUT2D eigenvalue weighted by Crippen LogP contribution is 2.21. The fourth-order valence-electron chi connectivity index (χ4n) is 2.57. The molecule has 1 atom stereocenters. The molecule has 6 heteroatoms. The van der Waals surface area contributed by atoms with Crippen molar-refractivity contribution in [1.82, 2.24) is 10.6 Å². The predicted octanol–water partition coefficient (Wildman–Crippen LogP) is 2.72. The van der Waals surface area contributed by atoms with Crippen LogP contribution in [-0.2, 0) is 4.79 Å². The summed E-state index contributed by atoms with van der Waals surface area (Å²) < 4.78 is 0. The molecule has 1 heterocycles. The Morgan fingerprint density at radius 1 is 1.17 bits per heavy atom. The highest BCUT2D eigenvalue weighted by molar-refractivity contribution is 5.99. The van der Waals surface area contributed by atoms with Crippen LogP contribution in [0.4, 0.5) is 5.69 Å². The molecule has 1 fully saturated rings. The van der Waals surface area contributed by atoms with Crippen molar-refractivity contribution in [3.8, 4) is 0 Å². The lowest BCUT2D eigenvalue weighted by Gasteiger charge is -2.33. The van der Waals surface area contributed by atoms with Gasteiger partial charge >= 0.3 is 0 Å². The van der Waals surface area contributed by atoms with E-state index in [4.69, 9.17) is 0 Å². The molecule has 1 aromatic rings. The Balaban J connectivity index is 0.00000264. The maximum absolute atomic E-state index is 12.4. The van der Waals surface area contributed by atoms with Crippen LogP contribution in [0.15, 0.2) is 24.3 Å². The lowest BCUT2D eigenvalue weighted by molar-refractivity contribution is -0.122. The first kappa shape index (κ1) is 19.5. The minimum absolute atomic E-state index is 0. The van der Waals surface area contributed by atoms with Gasteiger partial charge in [0.15, 0.2) is 0 Å². The highest BCUT2D eigenvalue weighted by atomic mass is 35.5. The monoisotopic (exact) mass is 339 g/mol. The van der Waals surface area contributed by atoms with Crippen molar-refractivity contribution in [2.75, 3.05) is 11.9 Å². The second-order valence-corrected chi connectivity index (χ2v) is 6.38. The Labute approximate surface area is 144 Å². The Bertz CT molecular complexity index is 537. The van der Waals surface area contributed by atoms with E-state index < -0.39 is 5.54 Å². The van der Waals surface area contributed by atoms with Gasteiger partial charge in [-0.05, 0) is 70.8 Å². The number of anilines is 1. The summed E-state index contributed by atoms with van der Waals surface area (Å²) in [6, 6.07) is 7.08. The zero-order valence-electron chi connectivity index (χ0n) is 13.9. The first-order valence-electron chi connectivity index (χ1n) is 7.88. The molecule has 0 aliphatic carbocycles. The quantitative estimate of drug-likeness (QED) is 0.790. The van der Waals surface area contributed by atoms with Gasteiger partial charge in [0.05, 0.1) is 5.54 Å². The Morgan fingerprint density at radius 3 is 2.35 bits per heavy atom. The van der Waals surface area contributed by atoms with Gasteiger partial charge in [-0.1, -0.05) is 0 Å². The van der Waals surface area contributed by atoms with E-state index in [1.807, 2.05) is 20.8 Å². The standard InChI is InChI=1S/C17H25N3O2.ClH/c1-12(2)19-15(21)13-6-8-14(9-7-13)20-16(22)17(3)10-4-5-11-18-17;/h6-9,12,18H,4-5,10-11H2,1-3H3,(H,19,21)(H,20,22);1H. The summed E-state index contributed by atoms with van der Waals surface area (Å²) in [7, 11) is 0. The van der Waals surface area contributed by atoms with Crippen LogP contribution in [0.1, 0.15) is 50.4 Å². The largest absolute Gasteiger partial charge is 0.350 e. The van der Waals surface area contributed by atoms with E-state index in [1.54, 1.807) is 24.3 Å². The molecule has 1 aromatic carbocycles. The number of nitrogens with one attached hydrogen (secondary N) is 3. The van der Waals surface area contributed by atoms with Crippen molar-refractivity contribution in [3.63, 3.8) is 0 Å². The maximum atomic E-state index is 12.4. The molecular weight excluding hydrogens is 314 g/mol. The summed E-state index contributed by atoms with van der Waals surface area (Å²) >= 11 is 0. The number of rotatable bonds is 4. The van der Waals surface area contributed by atoms with Crippen molar-refractivity contribution < 1.29 is 9.59 Å². The van der Waals surface area contributed by atoms with E-state index in [2.05, 4.69) is 16.0 Å². The van der Waals surface area contributed by atoms with Gasteiger partial charge in [0.25, 0.3) is 5.91 Å². The molecule has 3 N–H and O–H groups in total. The number of amides is 2. The fourth-order valence-corrected chi connectivity index (χ4v) is 2.57. The highest BCUT2D eigenvalue weighted by Gasteiger charge is 2.34. The molecule has 1 saturated heterocycles. The van der Waals surface area contributed by atoms with Crippen molar-refractivity contribution in [1.29, 1.82) is 0 Å². The van der Waals surface area contributed by atoms with Gasteiger partial charge in [-0.25, -0.2) is 0 Å². The smallest absolute Gasteiger partial charge is 0.251 e. The average Bonchev–Trinajstić information content (AvgIpc) is 2.48. The summed E-state index contributed by atoms with van der Waals surface area (Å²) in [6.45, 7) is 6.65. The van der Waals surface area contributed by atoms with E-state index in [9.17, 15) is 9.59 Å². The van der Waals surface area contributed by atoms with Crippen molar-refractivity contribution in [2.24, 2.45) is 0 Å². The SMILES string of the molecule is CC(C)NC(=O)c1ccc(NC(=O)C2(C)CCCCN2)cc1.Cl. The predicted molar refractivity (Wildman–Crippen MR) is 95.2 cm³/mol. The second kappa shape index (κ2) is 8.31. The molecule has 0 bridgehead atoms. The van der Waals surface area contributed by atoms with Gasteiger partial charge in [-0.15, -0.1) is 12.4 Å². The number of hydrogen-bond donors (Lipinski definition) is 3. The van der Waals surface area contributed by atoms with Crippen molar-refractivity contribution in [2.45, 2.75) is 51.6 Å². The number of halogens is 1. The number of piperidine rings is 1. The number of hydrogen-bond acceptors (Lipinski definition) is 3. The minimum atomic E-state index is -0.508. The molecule has 0 radical (unpaired) electrons. The molecule has 23 heavy (non-hydrogen) atoms. The molecule has 0 aromatic heterocycles. The third-order valence-electron chi connectivity index (χ3n) is 3.94. The summed E-state index contributed by atoms with van der Waals surface area (Å²) in [6.07, 6.45) is 3.02. The first-order valence-corrected chi connectivity index (χ1v) is 7.88. The second-order valence-electron chi connectivity index (χ2n) is 6.38. The van der Waals surface area contributed by atoms with Crippen LogP contribution in [0, 0.1) is 0 Å².